The fourth-order valence-electron chi connectivity index (χ4n) is 5.67. The van der Waals surface area contributed by atoms with Gasteiger partial charge < -0.3 is 10.4 Å². The van der Waals surface area contributed by atoms with Gasteiger partial charge in [0.2, 0.25) is 5.91 Å². The number of carbonyl (C=O) groups excluding carboxylic acids is 1. The van der Waals surface area contributed by atoms with Gasteiger partial charge in [-0.3, -0.25) is 4.79 Å². The van der Waals surface area contributed by atoms with Gasteiger partial charge in [0.25, 0.3) is 0 Å². The molecule has 0 fully saturated rings. The van der Waals surface area contributed by atoms with Crippen LogP contribution in [0.2, 0.25) is 0 Å². The first-order chi connectivity index (χ1) is 19.2. The highest BCUT2D eigenvalue weighted by atomic mass is 16.3. The smallest absolute Gasteiger partial charge is 0.219 e. The van der Waals surface area contributed by atoms with Crippen LogP contribution in [0, 0.1) is 0 Å². The summed E-state index contributed by atoms with van der Waals surface area (Å²) < 4.78 is 0. The van der Waals surface area contributed by atoms with Gasteiger partial charge in [-0.25, -0.2) is 0 Å². The summed E-state index contributed by atoms with van der Waals surface area (Å²) in [5.41, 5.74) is 0. The zero-order chi connectivity index (χ0) is 28.5. The number of hydrogen-bond acceptors (Lipinski definition) is 2. The maximum atomic E-state index is 12.0. The highest BCUT2D eigenvalue weighted by Crippen LogP contribution is 2.15. The number of carbonyl (C=O) groups is 1. The molecule has 0 bridgehead atoms. The Morgan fingerprint density at radius 1 is 0.462 bits per heavy atom. The second-order valence-electron chi connectivity index (χ2n) is 12.5. The maximum Gasteiger partial charge on any atom is 0.219 e. The average molecular weight is 552 g/mol. The molecule has 0 aliphatic carbocycles. The normalized spacial score (nSPS) is 12.2. The van der Waals surface area contributed by atoms with Crippen molar-refractivity contribution < 1.29 is 9.90 Å². The highest BCUT2D eigenvalue weighted by Gasteiger charge is 2.05. The summed E-state index contributed by atoms with van der Waals surface area (Å²) >= 11 is 0. The molecule has 0 spiro atoms. The average Bonchev–Trinajstić information content (AvgIpc) is 2.93. The Morgan fingerprint density at radius 2 is 0.769 bits per heavy atom. The van der Waals surface area contributed by atoms with Crippen molar-refractivity contribution in [3.8, 4) is 0 Å². The molecule has 234 valence electrons. The molecule has 0 heterocycles. The molecule has 0 aliphatic heterocycles. The zero-order valence-electron chi connectivity index (χ0n) is 27.1. The molecule has 0 aromatic rings. The first-order valence-electron chi connectivity index (χ1n) is 18.2. The van der Waals surface area contributed by atoms with Crippen LogP contribution in [0.25, 0.3) is 0 Å². The van der Waals surface area contributed by atoms with Crippen molar-refractivity contribution in [1.29, 1.82) is 0 Å². The van der Waals surface area contributed by atoms with Crippen LogP contribution < -0.4 is 5.32 Å². The monoisotopic (exact) mass is 552 g/mol. The first-order valence-corrected chi connectivity index (χ1v) is 18.2. The van der Waals surface area contributed by atoms with Crippen LogP contribution >= 0.6 is 0 Å². The first kappa shape index (κ1) is 38.4. The summed E-state index contributed by atoms with van der Waals surface area (Å²) in [4.78, 5) is 12.0. The van der Waals surface area contributed by atoms with Crippen molar-refractivity contribution in [2.24, 2.45) is 0 Å². The summed E-state index contributed by atoms with van der Waals surface area (Å²) in [6.45, 7) is 5.40. The van der Waals surface area contributed by atoms with Crippen LogP contribution in [-0.2, 0) is 4.79 Å². The van der Waals surface area contributed by atoms with Crippen molar-refractivity contribution in [3.63, 3.8) is 0 Å². The molecule has 1 amide bonds. The quantitative estimate of drug-likeness (QED) is 0.0797. The minimum absolute atomic E-state index is 0.140. The second kappa shape index (κ2) is 33.6. The standard InChI is InChI=1S/C36H73NO2/c1-3-5-7-9-11-13-14-15-16-17-18-19-21-23-25-30-34-37-36(39)33-29-26-28-32-35(38)31-27-24-22-20-12-10-8-6-4-2/h35,38H,3-34H2,1-2H3,(H,37,39). The van der Waals surface area contributed by atoms with E-state index in [1.807, 2.05) is 0 Å². The lowest BCUT2D eigenvalue weighted by Gasteiger charge is -2.10. The van der Waals surface area contributed by atoms with Crippen LogP contribution in [0.5, 0.6) is 0 Å². The molecule has 0 aromatic carbocycles. The molecule has 0 saturated heterocycles. The largest absolute Gasteiger partial charge is 0.393 e. The zero-order valence-corrected chi connectivity index (χ0v) is 27.1. The van der Waals surface area contributed by atoms with E-state index in [1.165, 1.54) is 148 Å². The van der Waals surface area contributed by atoms with E-state index in [0.29, 0.717) is 6.42 Å². The molecule has 0 aromatic heterocycles. The van der Waals surface area contributed by atoms with Crippen molar-refractivity contribution in [2.75, 3.05) is 6.54 Å². The van der Waals surface area contributed by atoms with E-state index in [9.17, 15) is 9.90 Å². The van der Waals surface area contributed by atoms with Gasteiger partial charge in [0.15, 0.2) is 0 Å². The molecule has 3 heteroatoms. The summed E-state index contributed by atoms with van der Waals surface area (Å²) in [6.07, 6.45) is 39.5. The third-order valence-electron chi connectivity index (χ3n) is 8.43. The third kappa shape index (κ3) is 33.5. The Balaban J connectivity index is 3.24. The predicted octanol–water partition coefficient (Wildman–Crippen LogP) is 11.6. The Labute approximate surface area is 246 Å². The fourth-order valence-corrected chi connectivity index (χ4v) is 5.67. The van der Waals surface area contributed by atoms with Gasteiger partial charge in [-0.15, -0.1) is 0 Å². The third-order valence-corrected chi connectivity index (χ3v) is 8.43. The molecular weight excluding hydrogens is 478 g/mol. The molecule has 0 rings (SSSR count). The Morgan fingerprint density at radius 3 is 1.15 bits per heavy atom. The Bertz CT molecular complexity index is 467. The number of amides is 1. The number of nitrogens with one attached hydrogen (secondary N) is 1. The fraction of sp³-hybridized carbons (Fsp3) is 0.972. The number of rotatable bonds is 33. The van der Waals surface area contributed by atoms with Crippen LogP contribution in [0.15, 0.2) is 0 Å². The van der Waals surface area contributed by atoms with E-state index in [2.05, 4.69) is 19.2 Å². The molecule has 1 atom stereocenters. The lowest BCUT2D eigenvalue weighted by Crippen LogP contribution is -2.23. The minimum Gasteiger partial charge on any atom is -0.393 e. The Hall–Kier alpha value is -0.570. The number of aliphatic hydroxyl groups excluding tert-OH is 1. The van der Waals surface area contributed by atoms with Crippen LogP contribution in [0.1, 0.15) is 213 Å². The molecule has 0 saturated carbocycles. The van der Waals surface area contributed by atoms with Crippen molar-refractivity contribution in [2.45, 2.75) is 219 Å². The van der Waals surface area contributed by atoms with E-state index in [1.54, 1.807) is 0 Å². The molecule has 0 aliphatic rings. The molecular formula is C36H73NO2. The van der Waals surface area contributed by atoms with Crippen molar-refractivity contribution in [1.82, 2.24) is 5.32 Å². The summed E-state index contributed by atoms with van der Waals surface area (Å²) in [7, 11) is 0. The van der Waals surface area contributed by atoms with E-state index < -0.39 is 0 Å². The van der Waals surface area contributed by atoms with Gasteiger partial charge in [0.05, 0.1) is 6.10 Å². The van der Waals surface area contributed by atoms with Crippen LogP contribution in [0.3, 0.4) is 0 Å². The highest BCUT2D eigenvalue weighted by molar-refractivity contribution is 5.75. The summed E-state index contributed by atoms with van der Waals surface area (Å²) in [5, 5.41) is 13.3. The lowest BCUT2D eigenvalue weighted by atomic mass is 10.0. The molecule has 2 N–H and O–H groups in total. The van der Waals surface area contributed by atoms with Crippen LogP contribution in [-0.4, -0.2) is 23.7 Å². The summed E-state index contributed by atoms with van der Waals surface area (Å²) in [6, 6.07) is 0. The van der Waals surface area contributed by atoms with Gasteiger partial charge in [0, 0.05) is 13.0 Å². The van der Waals surface area contributed by atoms with Gasteiger partial charge in [-0.1, -0.05) is 181 Å². The van der Waals surface area contributed by atoms with Crippen LogP contribution in [0.4, 0.5) is 0 Å². The van der Waals surface area contributed by atoms with E-state index in [-0.39, 0.29) is 12.0 Å². The number of aliphatic hydroxyl groups is 1. The molecule has 0 radical (unpaired) electrons. The SMILES string of the molecule is CCCCCCCCCCCCCCCCCCNC(=O)CCCCCC(O)CCCCCCCCCCC. The van der Waals surface area contributed by atoms with Gasteiger partial charge >= 0.3 is 0 Å². The minimum atomic E-state index is -0.140. The topological polar surface area (TPSA) is 49.3 Å². The summed E-state index contributed by atoms with van der Waals surface area (Å²) in [5.74, 6) is 0.214. The molecule has 1 unspecified atom stereocenters. The van der Waals surface area contributed by atoms with E-state index >= 15 is 0 Å². The van der Waals surface area contributed by atoms with Gasteiger partial charge in [-0.2, -0.15) is 0 Å². The second-order valence-corrected chi connectivity index (χ2v) is 12.5. The maximum absolute atomic E-state index is 12.0. The number of hydrogen-bond donors (Lipinski definition) is 2. The van der Waals surface area contributed by atoms with E-state index in [4.69, 9.17) is 0 Å². The van der Waals surface area contributed by atoms with Crippen molar-refractivity contribution in [3.05, 3.63) is 0 Å². The Kier molecular flexibility index (Phi) is 33.1. The number of unbranched alkanes of at least 4 members (excludes halogenated alkanes) is 25. The van der Waals surface area contributed by atoms with Gasteiger partial charge in [0.1, 0.15) is 0 Å². The molecule has 3 nitrogen and oxygen atoms in total. The van der Waals surface area contributed by atoms with Crippen molar-refractivity contribution >= 4 is 5.91 Å². The lowest BCUT2D eigenvalue weighted by molar-refractivity contribution is -0.121. The molecule has 39 heavy (non-hydrogen) atoms. The van der Waals surface area contributed by atoms with E-state index in [0.717, 1.165) is 51.5 Å². The predicted molar refractivity (Wildman–Crippen MR) is 173 cm³/mol. The van der Waals surface area contributed by atoms with Gasteiger partial charge in [-0.05, 0) is 25.7 Å².